The molecule has 4 unspecified atom stereocenters. The van der Waals surface area contributed by atoms with Crippen LogP contribution in [-0.4, -0.2) is 27.4 Å². The summed E-state index contributed by atoms with van der Waals surface area (Å²) in [5, 5.41) is 16.2. The maximum atomic E-state index is 13.2. The van der Waals surface area contributed by atoms with Crippen molar-refractivity contribution in [2.75, 3.05) is 11.9 Å². The number of aryl methyl sites for hydroxylation is 1. The van der Waals surface area contributed by atoms with Gasteiger partial charge in [-0.25, -0.2) is 8.78 Å². The van der Waals surface area contributed by atoms with Gasteiger partial charge in [0.15, 0.2) is 0 Å². The largest absolute Gasteiger partial charge is 0.396 e. The first-order chi connectivity index (χ1) is 12.9. The van der Waals surface area contributed by atoms with Crippen LogP contribution in [0, 0.1) is 11.8 Å². The Bertz CT molecular complexity index is 880. The van der Waals surface area contributed by atoms with Gasteiger partial charge < -0.3 is 10.4 Å². The first kappa shape index (κ1) is 18.1. The van der Waals surface area contributed by atoms with Crippen LogP contribution in [0.4, 0.5) is 14.5 Å². The van der Waals surface area contributed by atoms with Crippen LogP contribution in [-0.2, 0) is 7.05 Å². The molecule has 0 radical (unpaired) electrons. The summed E-state index contributed by atoms with van der Waals surface area (Å²) in [6, 6.07) is 5.81. The number of hydrogen-bond donors (Lipinski definition) is 2. The molecular weight excluding hydrogens is 352 g/mol. The zero-order chi connectivity index (χ0) is 19.3. The van der Waals surface area contributed by atoms with Crippen molar-refractivity contribution in [2.45, 2.75) is 38.0 Å². The molecule has 4 rings (SSSR count). The number of nitrogens with zero attached hydrogens (tertiary/aromatic N) is 2. The topological polar surface area (TPSA) is 67.2 Å². The van der Waals surface area contributed by atoms with Gasteiger partial charge in [-0.3, -0.25) is 9.48 Å². The van der Waals surface area contributed by atoms with Crippen LogP contribution in [0.25, 0.3) is 0 Å². The summed E-state index contributed by atoms with van der Waals surface area (Å²) >= 11 is 0. The number of carbonyl (C=O) groups excluding carboxylic acids is 1. The van der Waals surface area contributed by atoms with E-state index in [9.17, 15) is 18.7 Å². The van der Waals surface area contributed by atoms with Crippen molar-refractivity contribution in [3.63, 3.8) is 0 Å². The number of aliphatic hydroxyl groups is 1. The van der Waals surface area contributed by atoms with Gasteiger partial charge in [0.25, 0.3) is 12.3 Å². The third-order valence-corrected chi connectivity index (χ3v) is 6.13. The Morgan fingerprint density at radius 1 is 1.37 bits per heavy atom. The molecular formula is C20H23F2N3O2. The van der Waals surface area contributed by atoms with Crippen LogP contribution in [0.5, 0.6) is 0 Å². The van der Waals surface area contributed by atoms with Gasteiger partial charge >= 0.3 is 0 Å². The molecule has 1 fully saturated rings. The maximum absolute atomic E-state index is 13.2. The molecule has 5 nitrogen and oxygen atoms in total. The van der Waals surface area contributed by atoms with Gasteiger partial charge in [0.2, 0.25) is 0 Å². The summed E-state index contributed by atoms with van der Waals surface area (Å²) in [6.07, 6.45) is 0.624. The predicted octanol–water partition coefficient (Wildman–Crippen LogP) is 3.83. The van der Waals surface area contributed by atoms with Crippen molar-refractivity contribution in [2.24, 2.45) is 18.9 Å². The van der Waals surface area contributed by atoms with Gasteiger partial charge in [0.1, 0.15) is 5.69 Å². The van der Waals surface area contributed by atoms with Crippen LogP contribution in [0.3, 0.4) is 0 Å². The minimum absolute atomic E-state index is 0.103. The molecule has 0 aliphatic heterocycles. The zero-order valence-electron chi connectivity index (χ0n) is 15.3. The van der Waals surface area contributed by atoms with E-state index < -0.39 is 18.0 Å². The Morgan fingerprint density at radius 3 is 2.81 bits per heavy atom. The Morgan fingerprint density at radius 2 is 2.11 bits per heavy atom. The smallest absolute Gasteiger partial charge is 0.282 e. The van der Waals surface area contributed by atoms with Crippen molar-refractivity contribution >= 4 is 11.6 Å². The van der Waals surface area contributed by atoms with E-state index >= 15 is 0 Å². The van der Waals surface area contributed by atoms with E-state index in [1.165, 1.54) is 23.5 Å². The van der Waals surface area contributed by atoms with E-state index in [2.05, 4.69) is 23.4 Å². The second kappa shape index (κ2) is 6.71. The van der Waals surface area contributed by atoms with Crippen molar-refractivity contribution in [1.82, 2.24) is 9.78 Å². The number of carbonyl (C=O) groups is 1. The van der Waals surface area contributed by atoms with Crippen molar-refractivity contribution in [3.8, 4) is 0 Å². The van der Waals surface area contributed by atoms with Gasteiger partial charge in [0, 0.05) is 25.5 Å². The van der Waals surface area contributed by atoms with Crippen LogP contribution in [0.15, 0.2) is 24.4 Å². The van der Waals surface area contributed by atoms with Crippen LogP contribution < -0.4 is 5.32 Å². The van der Waals surface area contributed by atoms with Crippen molar-refractivity contribution in [3.05, 3.63) is 46.8 Å². The first-order valence-corrected chi connectivity index (χ1v) is 9.29. The predicted molar refractivity (Wildman–Crippen MR) is 97.0 cm³/mol. The lowest BCUT2D eigenvalue weighted by atomic mass is 9.84. The molecule has 2 N–H and O–H groups in total. The summed E-state index contributed by atoms with van der Waals surface area (Å²) in [5.74, 6) is 0.646. The summed E-state index contributed by atoms with van der Waals surface area (Å²) in [4.78, 5) is 12.7. The summed E-state index contributed by atoms with van der Waals surface area (Å²) in [6.45, 7) is 2.20. The lowest BCUT2D eigenvalue weighted by Crippen LogP contribution is -2.18. The number of alkyl halides is 2. The molecule has 1 aromatic heterocycles. The highest BCUT2D eigenvalue weighted by Gasteiger charge is 2.48. The lowest BCUT2D eigenvalue weighted by molar-refractivity contribution is 0.101. The van der Waals surface area contributed by atoms with Crippen LogP contribution in [0.2, 0.25) is 0 Å². The summed E-state index contributed by atoms with van der Waals surface area (Å²) < 4.78 is 27.6. The average Bonchev–Trinajstić information content (AvgIpc) is 3.33. The molecule has 7 heteroatoms. The van der Waals surface area contributed by atoms with Gasteiger partial charge in [-0.1, -0.05) is 19.1 Å². The zero-order valence-corrected chi connectivity index (χ0v) is 15.3. The minimum atomic E-state index is -2.81. The van der Waals surface area contributed by atoms with Gasteiger partial charge in [0.05, 0.1) is 5.56 Å². The van der Waals surface area contributed by atoms with Crippen molar-refractivity contribution in [1.29, 1.82) is 0 Å². The second-order valence-electron chi connectivity index (χ2n) is 7.69. The third-order valence-electron chi connectivity index (χ3n) is 6.13. The highest BCUT2D eigenvalue weighted by Crippen LogP contribution is 2.61. The monoisotopic (exact) mass is 375 g/mol. The normalized spacial score (nSPS) is 24.3. The highest BCUT2D eigenvalue weighted by atomic mass is 19.3. The molecule has 1 heterocycles. The second-order valence-corrected chi connectivity index (χ2v) is 7.69. The number of fused-ring (bicyclic) bond motifs is 5. The standard InChI is InChI=1S/C20H23F2N3O2/c1-10(9-26)16-12-6-7-13(16)17-11(12)4-3-5-15(17)23-20(27)14-8-25(2)24-18(14)19(21)22/h3-5,8,10,12-13,16,19,26H,6-7,9H2,1-2H3,(H,23,27). The molecule has 4 atom stereocenters. The van der Waals surface area contributed by atoms with Gasteiger partial charge in [-0.05, 0) is 53.7 Å². The number of halogens is 2. The minimum Gasteiger partial charge on any atom is -0.396 e. The number of aliphatic hydroxyl groups excluding tert-OH is 1. The first-order valence-electron chi connectivity index (χ1n) is 9.29. The summed E-state index contributed by atoms with van der Waals surface area (Å²) in [7, 11) is 1.52. The summed E-state index contributed by atoms with van der Waals surface area (Å²) in [5.41, 5.74) is 2.40. The molecule has 2 aliphatic rings. The number of nitrogens with one attached hydrogen (secondary N) is 1. The molecule has 144 valence electrons. The SMILES string of the molecule is CC(CO)C1C2CCC1c1c(NC(=O)c3cn(C)nc3C(F)F)cccc12. The number of hydrogen-bond acceptors (Lipinski definition) is 3. The lowest BCUT2D eigenvalue weighted by Gasteiger charge is -2.22. The molecule has 1 saturated carbocycles. The quantitative estimate of drug-likeness (QED) is 0.835. The van der Waals surface area contributed by atoms with Gasteiger partial charge in [-0.15, -0.1) is 0 Å². The average molecular weight is 375 g/mol. The fraction of sp³-hybridized carbons (Fsp3) is 0.500. The molecule has 2 aromatic rings. The fourth-order valence-corrected chi connectivity index (χ4v) is 5.10. The molecule has 0 saturated heterocycles. The number of aromatic nitrogens is 2. The molecule has 1 amide bonds. The van der Waals surface area contributed by atoms with E-state index in [4.69, 9.17) is 0 Å². The number of anilines is 1. The Hall–Kier alpha value is -2.28. The fourth-order valence-electron chi connectivity index (χ4n) is 5.10. The highest BCUT2D eigenvalue weighted by molar-refractivity contribution is 6.05. The van der Waals surface area contributed by atoms with Gasteiger partial charge in [-0.2, -0.15) is 5.10 Å². The van der Waals surface area contributed by atoms with E-state index in [1.54, 1.807) is 0 Å². The number of benzene rings is 1. The number of rotatable bonds is 5. The Balaban J connectivity index is 1.66. The Kier molecular flexibility index (Phi) is 4.50. The van der Waals surface area contributed by atoms with E-state index in [1.807, 2.05) is 12.1 Å². The van der Waals surface area contributed by atoms with E-state index in [0.717, 1.165) is 18.4 Å². The molecule has 27 heavy (non-hydrogen) atoms. The van der Waals surface area contributed by atoms with E-state index in [-0.39, 0.29) is 24.0 Å². The Labute approximate surface area is 156 Å². The van der Waals surface area contributed by atoms with Crippen molar-refractivity contribution < 1.29 is 18.7 Å². The van der Waals surface area contributed by atoms with Crippen LogP contribution >= 0.6 is 0 Å². The van der Waals surface area contributed by atoms with Crippen LogP contribution in [0.1, 0.15) is 65.2 Å². The third kappa shape index (κ3) is 2.84. The number of amides is 1. The maximum Gasteiger partial charge on any atom is 0.282 e. The van der Waals surface area contributed by atoms with E-state index in [0.29, 0.717) is 17.5 Å². The molecule has 2 bridgehead atoms. The molecule has 2 aliphatic carbocycles. The molecule has 0 spiro atoms. The molecule has 1 aromatic carbocycles.